The molecule has 0 amide bonds. The van der Waals surface area contributed by atoms with E-state index in [2.05, 4.69) is 0 Å². The second-order valence-electron chi connectivity index (χ2n) is 4.60. The highest BCUT2D eigenvalue weighted by Gasteiger charge is 2.48. The monoisotopic (exact) mass is 327 g/mol. The van der Waals surface area contributed by atoms with Crippen molar-refractivity contribution in [2.75, 3.05) is 18.0 Å². The van der Waals surface area contributed by atoms with Gasteiger partial charge >= 0.3 is 5.51 Å². The first-order valence-electron chi connectivity index (χ1n) is 6.03. The van der Waals surface area contributed by atoms with Gasteiger partial charge in [-0.05, 0) is 25.0 Å². The minimum absolute atomic E-state index is 0.0650. The lowest BCUT2D eigenvalue weighted by molar-refractivity contribution is -0.0435. The Morgan fingerprint density at radius 1 is 1.25 bits per heavy atom. The number of anilines is 1. The van der Waals surface area contributed by atoms with Crippen molar-refractivity contribution in [2.24, 2.45) is 0 Å². The zero-order valence-corrected chi connectivity index (χ0v) is 12.0. The van der Waals surface area contributed by atoms with Crippen molar-refractivity contribution in [3.8, 4) is 0 Å². The van der Waals surface area contributed by atoms with E-state index in [0.717, 1.165) is 12.5 Å². The quantitative estimate of drug-likeness (QED) is 0.783. The molecule has 20 heavy (non-hydrogen) atoms. The lowest BCUT2D eigenvalue weighted by atomic mass is 10.1. The highest BCUT2D eigenvalue weighted by molar-refractivity contribution is 7.92. The van der Waals surface area contributed by atoms with Crippen LogP contribution < -0.4 is 4.90 Å². The third-order valence-electron chi connectivity index (χ3n) is 3.16. The number of sulfone groups is 1. The number of hydrogen-bond acceptors (Lipinski definition) is 3. The molecule has 0 radical (unpaired) electrons. The summed E-state index contributed by atoms with van der Waals surface area (Å²) in [6.07, 6.45) is 1.49. The van der Waals surface area contributed by atoms with Crippen molar-refractivity contribution < 1.29 is 21.6 Å². The Hall–Kier alpha value is -0.950. The smallest absolute Gasteiger partial charge is 0.369 e. The zero-order valence-electron chi connectivity index (χ0n) is 10.4. The van der Waals surface area contributed by atoms with Gasteiger partial charge in [-0.25, -0.2) is 8.42 Å². The second-order valence-corrected chi connectivity index (χ2v) is 7.13. The van der Waals surface area contributed by atoms with Gasteiger partial charge in [0.15, 0.2) is 0 Å². The summed E-state index contributed by atoms with van der Waals surface area (Å²) >= 11 is 6.00. The molecule has 1 unspecified atom stereocenters. The van der Waals surface area contributed by atoms with E-state index >= 15 is 0 Å². The highest BCUT2D eigenvalue weighted by atomic mass is 35.5. The average Bonchev–Trinajstić information content (AvgIpc) is 2.37. The van der Waals surface area contributed by atoms with Gasteiger partial charge < -0.3 is 4.90 Å². The van der Waals surface area contributed by atoms with Crippen LogP contribution in [0.4, 0.5) is 18.9 Å². The molecule has 112 valence electrons. The summed E-state index contributed by atoms with van der Waals surface area (Å²) in [5.74, 6) is 0. The molecule has 2 rings (SSSR count). The van der Waals surface area contributed by atoms with E-state index in [4.69, 9.17) is 11.6 Å². The fourth-order valence-corrected chi connectivity index (χ4v) is 3.51. The molecular weight excluding hydrogens is 315 g/mol. The van der Waals surface area contributed by atoms with Crippen LogP contribution in [0, 0.1) is 0 Å². The zero-order chi connectivity index (χ0) is 15.0. The van der Waals surface area contributed by atoms with Crippen molar-refractivity contribution >= 4 is 27.1 Å². The molecule has 1 aromatic carbocycles. The number of hydrogen-bond donors (Lipinski definition) is 0. The fraction of sp³-hybridized carbons (Fsp3) is 0.500. The molecule has 1 aliphatic rings. The van der Waals surface area contributed by atoms with E-state index in [1.165, 1.54) is 18.2 Å². The summed E-state index contributed by atoms with van der Waals surface area (Å²) in [6, 6.07) is 5.16. The Morgan fingerprint density at radius 2 is 1.90 bits per heavy atom. The molecule has 0 N–H and O–H groups in total. The van der Waals surface area contributed by atoms with Crippen molar-refractivity contribution in [3.05, 3.63) is 24.3 Å². The maximum Gasteiger partial charge on any atom is 0.501 e. The summed E-state index contributed by atoms with van der Waals surface area (Å²) in [4.78, 5) is 0.887. The van der Waals surface area contributed by atoms with E-state index in [1.807, 2.05) is 0 Å². The predicted molar refractivity (Wildman–Crippen MR) is 70.8 cm³/mol. The summed E-state index contributed by atoms with van der Waals surface area (Å²) < 4.78 is 61.4. The van der Waals surface area contributed by atoms with Crippen LogP contribution in [-0.4, -0.2) is 32.4 Å². The van der Waals surface area contributed by atoms with Gasteiger partial charge in [0.25, 0.3) is 9.84 Å². The first-order valence-corrected chi connectivity index (χ1v) is 7.95. The van der Waals surface area contributed by atoms with E-state index in [9.17, 15) is 21.6 Å². The molecule has 1 aromatic rings. The number of rotatable bonds is 2. The number of para-hydroxylation sites is 1. The number of piperidine rings is 1. The molecule has 1 aliphatic heterocycles. The van der Waals surface area contributed by atoms with E-state index in [-0.39, 0.29) is 11.1 Å². The van der Waals surface area contributed by atoms with Gasteiger partial charge in [0.1, 0.15) is 0 Å². The number of alkyl halides is 4. The third-order valence-corrected chi connectivity index (χ3v) is 5.05. The third kappa shape index (κ3) is 2.88. The van der Waals surface area contributed by atoms with E-state index in [1.54, 1.807) is 4.90 Å². The fourth-order valence-electron chi connectivity index (χ4n) is 2.21. The Bertz CT molecular complexity index is 589. The van der Waals surface area contributed by atoms with Crippen LogP contribution >= 0.6 is 11.6 Å². The Kier molecular flexibility index (Phi) is 4.20. The molecule has 1 atom stereocenters. The van der Waals surface area contributed by atoms with E-state index in [0.29, 0.717) is 19.5 Å². The van der Waals surface area contributed by atoms with Crippen LogP contribution in [-0.2, 0) is 9.84 Å². The molecule has 1 fully saturated rings. The molecule has 0 saturated carbocycles. The Labute approximate surface area is 120 Å². The summed E-state index contributed by atoms with van der Waals surface area (Å²) in [7, 11) is -5.36. The molecule has 0 spiro atoms. The largest absolute Gasteiger partial charge is 0.501 e. The maximum absolute atomic E-state index is 12.7. The molecule has 0 bridgehead atoms. The van der Waals surface area contributed by atoms with Crippen LogP contribution in [0.1, 0.15) is 12.8 Å². The second kappa shape index (κ2) is 5.44. The molecule has 3 nitrogen and oxygen atoms in total. The normalized spacial score (nSPS) is 21.0. The van der Waals surface area contributed by atoms with Gasteiger partial charge in [0.05, 0.1) is 16.0 Å². The highest BCUT2D eigenvalue weighted by Crippen LogP contribution is 2.36. The summed E-state index contributed by atoms with van der Waals surface area (Å²) in [5.41, 5.74) is -5.24. The number of benzene rings is 1. The minimum atomic E-state index is -5.36. The van der Waals surface area contributed by atoms with Gasteiger partial charge in [0.2, 0.25) is 0 Å². The minimum Gasteiger partial charge on any atom is -0.369 e. The topological polar surface area (TPSA) is 37.4 Å². The lowest BCUT2D eigenvalue weighted by Crippen LogP contribution is -2.37. The predicted octanol–water partition coefficient (Wildman–Crippen LogP) is 3.19. The average molecular weight is 328 g/mol. The van der Waals surface area contributed by atoms with E-state index < -0.39 is 20.2 Å². The molecule has 8 heteroatoms. The van der Waals surface area contributed by atoms with Crippen LogP contribution in [0.2, 0.25) is 0 Å². The maximum atomic E-state index is 12.7. The van der Waals surface area contributed by atoms with Crippen molar-refractivity contribution in [1.82, 2.24) is 0 Å². The molecule has 0 aromatic heterocycles. The summed E-state index contributed by atoms with van der Waals surface area (Å²) in [6.45, 7) is 0.833. The standard InChI is InChI=1S/C12H13ClF3NO2S/c13-9-4-3-7-17(8-9)10-5-1-2-6-11(10)20(18,19)12(14,15)16/h1-2,5-6,9H,3-4,7-8H2. The van der Waals surface area contributed by atoms with Gasteiger partial charge in [0, 0.05) is 13.1 Å². The molecular formula is C12H13ClF3NO2S. The molecule has 1 heterocycles. The van der Waals surface area contributed by atoms with Crippen LogP contribution in [0.25, 0.3) is 0 Å². The van der Waals surface area contributed by atoms with Gasteiger partial charge in [-0.3, -0.25) is 0 Å². The van der Waals surface area contributed by atoms with Crippen LogP contribution in [0.3, 0.4) is 0 Å². The van der Waals surface area contributed by atoms with Crippen LogP contribution in [0.5, 0.6) is 0 Å². The first-order chi connectivity index (χ1) is 9.23. The molecule has 1 saturated heterocycles. The SMILES string of the molecule is O=S(=O)(c1ccccc1N1CCCC(Cl)C1)C(F)(F)F. The number of halogens is 4. The van der Waals surface area contributed by atoms with Gasteiger partial charge in [-0.2, -0.15) is 13.2 Å². The number of nitrogens with zero attached hydrogens (tertiary/aromatic N) is 1. The summed E-state index contributed by atoms with van der Waals surface area (Å²) in [5, 5.41) is -0.189. The van der Waals surface area contributed by atoms with Crippen LogP contribution in [0.15, 0.2) is 29.2 Å². The Morgan fingerprint density at radius 3 is 2.50 bits per heavy atom. The molecule has 0 aliphatic carbocycles. The van der Waals surface area contributed by atoms with Gasteiger partial charge in [-0.1, -0.05) is 12.1 Å². The lowest BCUT2D eigenvalue weighted by Gasteiger charge is -2.33. The van der Waals surface area contributed by atoms with Crippen molar-refractivity contribution in [2.45, 2.75) is 28.6 Å². The van der Waals surface area contributed by atoms with Crippen molar-refractivity contribution in [1.29, 1.82) is 0 Å². The first kappa shape index (κ1) is 15.4. The van der Waals surface area contributed by atoms with Gasteiger partial charge in [-0.15, -0.1) is 11.6 Å². The Balaban J connectivity index is 2.46. The van der Waals surface area contributed by atoms with Crippen molar-refractivity contribution in [3.63, 3.8) is 0 Å².